The van der Waals surface area contributed by atoms with Gasteiger partial charge in [0.2, 0.25) is 10.0 Å². The molecule has 3 rings (SSSR count). The highest BCUT2D eigenvalue weighted by atomic mass is 35.5. The fourth-order valence-electron chi connectivity index (χ4n) is 2.87. The number of sulfonamides is 1. The van der Waals surface area contributed by atoms with Gasteiger partial charge in [0.25, 0.3) is 0 Å². The average molecular weight is 474 g/mol. The van der Waals surface area contributed by atoms with Gasteiger partial charge in [0.05, 0.1) is 11.3 Å². The fraction of sp³-hybridized carbons (Fsp3) is 0.130. The van der Waals surface area contributed by atoms with E-state index in [1.807, 2.05) is 6.07 Å². The largest absolute Gasteiger partial charge is 0.480 e. The molecular weight excluding hydrogens is 454 g/mol. The molecule has 0 fully saturated rings. The lowest BCUT2D eigenvalue weighted by molar-refractivity contribution is -0.150. The van der Waals surface area contributed by atoms with Crippen molar-refractivity contribution < 1.29 is 27.9 Å². The molecule has 0 aliphatic rings. The van der Waals surface area contributed by atoms with Gasteiger partial charge in [-0.2, -0.15) is 4.72 Å². The van der Waals surface area contributed by atoms with Crippen molar-refractivity contribution in [3.63, 3.8) is 0 Å². The van der Waals surface area contributed by atoms with E-state index in [1.165, 1.54) is 12.1 Å². The van der Waals surface area contributed by atoms with Gasteiger partial charge >= 0.3 is 11.9 Å². The van der Waals surface area contributed by atoms with Crippen molar-refractivity contribution in [2.75, 3.05) is 0 Å². The summed E-state index contributed by atoms with van der Waals surface area (Å²) < 4.78 is 32.4. The Bertz CT molecular complexity index is 1180. The monoisotopic (exact) mass is 473 g/mol. The van der Waals surface area contributed by atoms with Gasteiger partial charge in [-0.15, -0.1) is 0 Å². The van der Waals surface area contributed by atoms with Crippen molar-refractivity contribution in [2.45, 2.75) is 24.0 Å². The second kappa shape index (κ2) is 10.4. The molecule has 3 aromatic carbocycles. The summed E-state index contributed by atoms with van der Waals surface area (Å²) in [5.41, 5.74) is 2.34. The van der Waals surface area contributed by atoms with Crippen LogP contribution in [0.15, 0.2) is 83.8 Å². The molecule has 0 unspecified atom stereocenters. The predicted octanol–water partition coefficient (Wildman–Crippen LogP) is 3.87. The zero-order chi connectivity index (χ0) is 23.1. The minimum atomic E-state index is -4.18. The number of carbonyl (C=O) groups excluding carboxylic acids is 1. The predicted molar refractivity (Wildman–Crippen MR) is 119 cm³/mol. The molecule has 0 saturated carbocycles. The van der Waals surface area contributed by atoms with E-state index < -0.39 is 34.4 Å². The van der Waals surface area contributed by atoms with Crippen molar-refractivity contribution in [3.05, 3.63) is 89.4 Å². The summed E-state index contributed by atoms with van der Waals surface area (Å²) in [6, 6.07) is 20.1. The quantitative estimate of drug-likeness (QED) is 0.456. The van der Waals surface area contributed by atoms with Gasteiger partial charge in [-0.25, -0.2) is 8.42 Å². The number of benzene rings is 3. The molecule has 0 bridgehead atoms. The number of carboxylic acid groups (broad SMARTS) is 1. The number of ether oxygens (including phenoxy) is 1. The van der Waals surface area contributed by atoms with Gasteiger partial charge in [0.1, 0.15) is 12.6 Å². The first kappa shape index (κ1) is 23.5. The third kappa shape index (κ3) is 6.40. The number of halogens is 1. The third-order valence-corrected chi connectivity index (χ3v) is 6.29. The highest BCUT2D eigenvalue weighted by Crippen LogP contribution is 2.23. The number of aliphatic carboxylic acids is 1. The SMILES string of the molecule is O=C(C[C@H](NS(=O)(=O)c1ccc(-c2ccc(Cl)cc2)cc1)C(=O)O)OCc1ccccc1. The first-order valence-corrected chi connectivity index (χ1v) is 11.4. The van der Waals surface area contributed by atoms with Crippen molar-refractivity contribution in [3.8, 4) is 11.1 Å². The molecule has 0 heterocycles. The summed E-state index contributed by atoms with van der Waals surface area (Å²) >= 11 is 5.88. The van der Waals surface area contributed by atoms with Crippen LogP contribution < -0.4 is 4.72 Å². The van der Waals surface area contributed by atoms with Gasteiger partial charge in [0.15, 0.2) is 0 Å². The van der Waals surface area contributed by atoms with Crippen LogP contribution in [0.1, 0.15) is 12.0 Å². The van der Waals surface area contributed by atoms with Crippen LogP contribution in [0.4, 0.5) is 0 Å². The van der Waals surface area contributed by atoms with Crippen LogP contribution in [0.25, 0.3) is 11.1 Å². The maximum atomic E-state index is 12.7. The van der Waals surface area contributed by atoms with Crippen molar-refractivity contribution in [1.82, 2.24) is 4.72 Å². The highest BCUT2D eigenvalue weighted by molar-refractivity contribution is 7.89. The minimum absolute atomic E-state index is 0.0368. The number of hydrogen-bond donors (Lipinski definition) is 2. The molecule has 1 atom stereocenters. The molecule has 9 heteroatoms. The second-order valence-corrected chi connectivity index (χ2v) is 9.04. The van der Waals surface area contributed by atoms with Crippen LogP contribution in [0.5, 0.6) is 0 Å². The number of rotatable bonds is 9. The molecule has 0 spiro atoms. The molecule has 0 radical (unpaired) electrons. The van der Waals surface area contributed by atoms with Crippen molar-refractivity contribution in [2.24, 2.45) is 0 Å². The average Bonchev–Trinajstić information content (AvgIpc) is 2.78. The Labute approximate surface area is 190 Å². The molecule has 2 N–H and O–H groups in total. The van der Waals surface area contributed by atoms with E-state index in [9.17, 15) is 23.1 Å². The van der Waals surface area contributed by atoms with E-state index in [1.54, 1.807) is 60.7 Å². The maximum absolute atomic E-state index is 12.7. The first-order valence-electron chi connectivity index (χ1n) is 9.55. The minimum Gasteiger partial charge on any atom is -0.480 e. The van der Waals surface area contributed by atoms with Crippen LogP contribution in [0.3, 0.4) is 0 Å². The molecule has 0 aliphatic heterocycles. The molecule has 0 aliphatic carbocycles. The molecule has 7 nitrogen and oxygen atoms in total. The van der Waals surface area contributed by atoms with Crippen LogP contribution in [0, 0.1) is 0 Å². The molecule has 32 heavy (non-hydrogen) atoms. The Balaban J connectivity index is 1.66. The van der Waals surface area contributed by atoms with E-state index in [0.29, 0.717) is 5.02 Å². The number of carboxylic acids is 1. The zero-order valence-corrected chi connectivity index (χ0v) is 18.3. The lowest BCUT2D eigenvalue weighted by Gasteiger charge is -2.15. The van der Waals surface area contributed by atoms with Gasteiger partial charge in [-0.3, -0.25) is 9.59 Å². The summed E-state index contributed by atoms with van der Waals surface area (Å²) in [7, 11) is -4.18. The molecule has 0 aromatic heterocycles. The number of nitrogens with one attached hydrogen (secondary N) is 1. The second-order valence-electron chi connectivity index (χ2n) is 6.89. The topological polar surface area (TPSA) is 110 Å². The zero-order valence-electron chi connectivity index (χ0n) is 16.8. The standard InChI is InChI=1S/C23H20ClNO6S/c24-19-10-6-17(7-11-19)18-8-12-20(13-9-18)32(29,30)25-21(23(27)28)14-22(26)31-15-16-4-2-1-3-5-16/h1-13,21,25H,14-15H2,(H,27,28)/t21-/m0/s1. The van der Waals surface area contributed by atoms with Gasteiger partial charge in [-0.1, -0.05) is 66.2 Å². The molecule has 0 saturated heterocycles. The van der Waals surface area contributed by atoms with E-state index in [-0.39, 0.29) is 11.5 Å². The van der Waals surface area contributed by atoms with Crippen LogP contribution >= 0.6 is 11.6 Å². The number of hydrogen-bond acceptors (Lipinski definition) is 5. The smallest absolute Gasteiger partial charge is 0.322 e. The first-order chi connectivity index (χ1) is 15.2. The van der Waals surface area contributed by atoms with Crippen LogP contribution in [-0.4, -0.2) is 31.5 Å². The van der Waals surface area contributed by atoms with Gasteiger partial charge in [-0.05, 0) is 41.0 Å². The van der Waals surface area contributed by atoms with Gasteiger partial charge in [0, 0.05) is 5.02 Å². The lowest BCUT2D eigenvalue weighted by Crippen LogP contribution is -2.42. The van der Waals surface area contributed by atoms with E-state index >= 15 is 0 Å². The highest BCUT2D eigenvalue weighted by Gasteiger charge is 2.28. The Kier molecular flexibility index (Phi) is 7.63. The normalized spacial score (nSPS) is 12.2. The van der Waals surface area contributed by atoms with Gasteiger partial charge < -0.3 is 9.84 Å². The summed E-state index contributed by atoms with van der Waals surface area (Å²) in [4.78, 5) is 23.5. The molecule has 166 valence electrons. The summed E-state index contributed by atoms with van der Waals surface area (Å²) in [6.45, 7) is -0.0368. The Morgan fingerprint density at radius 1 is 0.906 bits per heavy atom. The maximum Gasteiger partial charge on any atom is 0.322 e. The molecule has 0 amide bonds. The van der Waals surface area contributed by atoms with Crippen molar-refractivity contribution in [1.29, 1.82) is 0 Å². The lowest BCUT2D eigenvalue weighted by atomic mass is 10.1. The van der Waals surface area contributed by atoms with E-state index in [0.717, 1.165) is 16.7 Å². The summed E-state index contributed by atoms with van der Waals surface area (Å²) in [5.74, 6) is -2.31. The summed E-state index contributed by atoms with van der Waals surface area (Å²) in [5, 5.41) is 9.97. The number of carbonyl (C=O) groups is 2. The van der Waals surface area contributed by atoms with Crippen molar-refractivity contribution >= 4 is 33.6 Å². The molecule has 3 aromatic rings. The van der Waals surface area contributed by atoms with E-state index in [2.05, 4.69) is 4.72 Å². The summed E-state index contributed by atoms with van der Waals surface area (Å²) in [6.07, 6.45) is -0.649. The number of esters is 1. The van der Waals surface area contributed by atoms with E-state index in [4.69, 9.17) is 16.3 Å². The molecular formula is C23H20ClNO6S. The third-order valence-electron chi connectivity index (χ3n) is 4.55. The Hall–Kier alpha value is -3.20. The Morgan fingerprint density at radius 3 is 2.03 bits per heavy atom. The van der Waals surface area contributed by atoms with Crippen LogP contribution in [0.2, 0.25) is 5.02 Å². The Morgan fingerprint density at radius 2 is 1.47 bits per heavy atom. The van der Waals surface area contributed by atoms with Crippen LogP contribution in [-0.2, 0) is 31.0 Å². The fourth-order valence-corrected chi connectivity index (χ4v) is 4.18.